The summed E-state index contributed by atoms with van der Waals surface area (Å²) in [5.74, 6) is 0. The number of nitrogens with one attached hydrogen (secondary N) is 1. The van der Waals surface area contributed by atoms with Gasteiger partial charge in [0, 0.05) is 17.0 Å². The highest BCUT2D eigenvalue weighted by atomic mass is 15.1. The predicted molar refractivity (Wildman–Crippen MR) is 75.6 cm³/mol. The fourth-order valence-corrected chi connectivity index (χ4v) is 1.81. The second-order valence-electron chi connectivity index (χ2n) is 4.04. The van der Waals surface area contributed by atoms with Crippen molar-refractivity contribution >= 4 is 21.8 Å². The first-order chi connectivity index (χ1) is 9.43. The molecule has 0 aliphatic rings. The average molecular weight is 248 g/mol. The summed E-state index contributed by atoms with van der Waals surface area (Å²) in [5.41, 5.74) is 2.09. The zero-order valence-electron chi connectivity index (χ0n) is 10.2. The number of nitrogens with zero attached hydrogens (tertiary/aromatic N) is 3. The molecule has 0 unspecified atom stereocenters. The van der Waals surface area contributed by atoms with Crippen LogP contribution in [0.3, 0.4) is 0 Å². The highest BCUT2D eigenvalue weighted by molar-refractivity contribution is 5.77. The molecule has 0 aliphatic carbocycles. The Kier molecular flexibility index (Phi) is 3.14. The van der Waals surface area contributed by atoms with E-state index in [-0.39, 0.29) is 0 Å². The molecule has 4 rings (SSSR count). The molecule has 2 aromatic carbocycles. The Morgan fingerprint density at radius 1 is 0.789 bits per heavy atom. The van der Waals surface area contributed by atoms with Crippen LogP contribution in [0.4, 0.5) is 0 Å². The Morgan fingerprint density at radius 3 is 2.42 bits per heavy atom. The SMILES string of the molecule is c1ccc2[nH]ncc2c1.c1ccc2ncncc2c1. The molecule has 0 amide bonds. The van der Waals surface area contributed by atoms with Crippen LogP contribution in [0.15, 0.2) is 67.3 Å². The van der Waals surface area contributed by atoms with E-state index in [1.54, 1.807) is 6.33 Å². The molecule has 4 nitrogen and oxygen atoms in total. The normalized spacial score (nSPS) is 10.1. The number of hydrogen-bond acceptors (Lipinski definition) is 3. The van der Waals surface area contributed by atoms with E-state index in [0.717, 1.165) is 21.8 Å². The molecule has 0 fully saturated rings. The second kappa shape index (κ2) is 5.27. The predicted octanol–water partition coefficient (Wildman–Crippen LogP) is 3.19. The lowest BCUT2D eigenvalue weighted by atomic mass is 10.2. The van der Waals surface area contributed by atoms with Gasteiger partial charge in [0.05, 0.1) is 17.2 Å². The van der Waals surface area contributed by atoms with Gasteiger partial charge in [0.15, 0.2) is 0 Å². The van der Waals surface area contributed by atoms with Crippen LogP contribution in [0.2, 0.25) is 0 Å². The van der Waals surface area contributed by atoms with Gasteiger partial charge in [0.25, 0.3) is 0 Å². The van der Waals surface area contributed by atoms with Crippen LogP contribution in [0.5, 0.6) is 0 Å². The third kappa shape index (κ3) is 2.57. The molecule has 0 saturated carbocycles. The van der Waals surface area contributed by atoms with Crippen molar-refractivity contribution in [1.82, 2.24) is 20.2 Å². The number of fused-ring (bicyclic) bond motifs is 2. The molecule has 92 valence electrons. The number of rotatable bonds is 0. The summed E-state index contributed by atoms with van der Waals surface area (Å²) in [6.07, 6.45) is 5.18. The van der Waals surface area contributed by atoms with Crippen LogP contribution in [0.1, 0.15) is 0 Å². The number of hydrogen-bond donors (Lipinski definition) is 1. The zero-order chi connectivity index (χ0) is 12.9. The first kappa shape index (κ1) is 11.3. The first-order valence-corrected chi connectivity index (χ1v) is 5.96. The average Bonchev–Trinajstić information content (AvgIpc) is 2.96. The number of aromatic nitrogens is 4. The molecular weight excluding hydrogens is 236 g/mol. The zero-order valence-corrected chi connectivity index (χ0v) is 10.2. The third-order valence-electron chi connectivity index (χ3n) is 2.76. The summed E-state index contributed by atoms with van der Waals surface area (Å²) >= 11 is 0. The summed E-state index contributed by atoms with van der Waals surface area (Å²) < 4.78 is 0. The molecule has 0 bridgehead atoms. The van der Waals surface area contributed by atoms with Crippen molar-refractivity contribution in [2.24, 2.45) is 0 Å². The van der Waals surface area contributed by atoms with Crippen molar-refractivity contribution in [1.29, 1.82) is 0 Å². The van der Waals surface area contributed by atoms with Gasteiger partial charge in [0.1, 0.15) is 6.33 Å². The van der Waals surface area contributed by atoms with Crippen LogP contribution in [-0.4, -0.2) is 20.2 Å². The Labute approximate surface area is 110 Å². The van der Waals surface area contributed by atoms with Gasteiger partial charge >= 0.3 is 0 Å². The van der Waals surface area contributed by atoms with Crippen LogP contribution in [0.25, 0.3) is 21.8 Å². The Hall–Kier alpha value is -2.75. The topological polar surface area (TPSA) is 54.5 Å². The molecule has 4 aromatic rings. The number of para-hydroxylation sites is 2. The standard InChI is InChI=1S/C8H6N2.C7H6N2/c1-2-4-8-7(3-1)5-9-6-10-8;1-2-4-7-6(3-1)5-8-9-7/h1-6H;1-5H,(H,8,9). The minimum Gasteiger partial charge on any atom is -0.278 e. The smallest absolute Gasteiger partial charge is 0.116 e. The molecule has 4 heteroatoms. The summed E-state index contributed by atoms with van der Waals surface area (Å²) in [4.78, 5) is 7.97. The molecule has 2 aromatic heterocycles. The van der Waals surface area contributed by atoms with E-state index < -0.39 is 0 Å². The maximum Gasteiger partial charge on any atom is 0.116 e. The van der Waals surface area contributed by atoms with Gasteiger partial charge < -0.3 is 0 Å². The lowest BCUT2D eigenvalue weighted by Crippen LogP contribution is -1.77. The Bertz CT molecular complexity index is 696. The first-order valence-electron chi connectivity index (χ1n) is 5.96. The monoisotopic (exact) mass is 248 g/mol. The quantitative estimate of drug-likeness (QED) is 0.520. The number of benzene rings is 2. The fourth-order valence-electron chi connectivity index (χ4n) is 1.81. The van der Waals surface area contributed by atoms with E-state index in [1.165, 1.54) is 0 Å². The summed E-state index contributed by atoms with van der Waals surface area (Å²) in [6, 6.07) is 15.9. The van der Waals surface area contributed by atoms with Gasteiger partial charge in [-0.2, -0.15) is 5.10 Å². The fraction of sp³-hybridized carbons (Fsp3) is 0. The lowest BCUT2D eigenvalue weighted by molar-refractivity contribution is 1.12. The maximum atomic E-state index is 4.07. The van der Waals surface area contributed by atoms with E-state index >= 15 is 0 Å². The van der Waals surface area contributed by atoms with Crippen molar-refractivity contribution in [3.05, 3.63) is 67.3 Å². The van der Waals surface area contributed by atoms with Gasteiger partial charge in [-0.3, -0.25) is 5.10 Å². The molecule has 0 aliphatic heterocycles. The summed E-state index contributed by atoms with van der Waals surface area (Å²) in [6.45, 7) is 0. The van der Waals surface area contributed by atoms with Gasteiger partial charge in [-0.25, -0.2) is 9.97 Å². The van der Waals surface area contributed by atoms with Crippen LogP contribution >= 0.6 is 0 Å². The molecule has 19 heavy (non-hydrogen) atoms. The van der Waals surface area contributed by atoms with Crippen LogP contribution in [0, 0.1) is 0 Å². The van der Waals surface area contributed by atoms with Crippen molar-refractivity contribution in [2.45, 2.75) is 0 Å². The number of H-pyrrole nitrogens is 1. The summed E-state index contributed by atoms with van der Waals surface area (Å²) in [7, 11) is 0. The highest BCUT2D eigenvalue weighted by Crippen LogP contribution is 2.07. The van der Waals surface area contributed by atoms with Crippen LogP contribution in [-0.2, 0) is 0 Å². The Morgan fingerprint density at radius 2 is 1.58 bits per heavy atom. The second-order valence-corrected chi connectivity index (χ2v) is 4.04. The molecule has 0 atom stereocenters. The maximum absolute atomic E-state index is 4.07. The molecule has 1 N–H and O–H groups in total. The van der Waals surface area contributed by atoms with E-state index in [9.17, 15) is 0 Å². The van der Waals surface area contributed by atoms with Gasteiger partial charge in [-0.05, 0) is 12.1 Å². The molecule has 0 radical (unpaired) electrons. The minimum atomic E-state index is 0.998. The van der Waals surface area contributed by atoms with Crippen molar-refractivity contribution < 1.29 is 0 Å². The van der Waals surface area contributed by atoms with Crippen molar-refractivity contribution in [3.8, 4) is 0 Å². The molecule has 2 heterocycles. The largest absolute Gasteiger partial charge is 0.278 e. The van der Waals surface area contributed by atoms with Gasteiger partial charge in [-0.15, -0.1) is 0 Å². The van der Waals surface area contributed by atoms with Gasteiger partial charge in [-0.1, -0.05) is 36.4 Å². The molecule has 0 saturated heterocycles. The lowest BCUT2D eigenvalue weighted by Gasteiger charge is -1.90. The van der Waals surface area contributed by atoms with Crippen molar-refractivity contribution in [3.63, 3.8) is 0 Å². The van der Waals surface area contributed by atoms with E-state index in [4.69, 9.17) is 0 Å². The van der Waals surface area contributed by atoms with E-state index in [1.807, 2.05) is 60.9 Å². The van der Waals surface area contributed by atoms with E-state index in [2.05, 4.69) is 20.2 Å². The van der Waals surface area contributed by atoms with Crippen molar-refractivity contribution in [2.75, 3.05) is 0 Å². The molecular formula is C15H12N4. The third-order valence-corrected chi connectivity index (χ3v) is 2.76. The van der Waals surface area contributed by atoms with E-state index in [0.29, 0.717) is 0 Å². The highest BCUT2D eigenvalue weighted by Gasteiger charge is 1.88. The Balaban J connectivity index is 0.000000117. The molecule has 0 spiro atoms. The van der Waals surface area contributed by atoms with Crippen LogP contribution < -0.4 is 0 Å². The number of aromatic amines is 1. The van der Waals surface area contributed by atoms with Gasteiger partial charge in [0.2, 0.25) is 0 Å². The summed E-state index contributed by atoms with van der Waals surface area (Å²) in [5, 5.41) is 9.00. The minimum absolute atomic E-state index is 0.998.